The van der Waals surface area contributed by atoms with Crippen LogP contribution in [0.4, 0.5) is 0 Å². The van der Waals surface area contributed by atoms with Crippen molar-refractivity contribution < 1.29 is 14.9 Å². The molecule has 1 aromatic rings. The van der Waals surface area contributed by atoms with Crippen molar-refractivity contribution in [3.63, 3.8) is 0 Å². The van der Waals surface area contributed by atoms with E-state index in [1.807, 2.05) is 26.0 Å². The van der Waals surface area contributed by atoms with E-state index in [4.69, 9.17) is 14.9 Å². The molecule has 0 spiro atoms. The fourth-order valence-corrected chi connectivity index (χ4v) is 1.22. The second-order valence-corrected chi connectivity index (χ2v) is 3.40. The van der Waals surface area contributed by atoms with Crippen LogP contribution >= 0.6 is 0 Å². The van der Waals surface area contributed by atoms with Crippen LogP contribution in [0.15, 0.2) is 12.1 Å². The third-order valence-electron chi connectivity index (χ3n) is 2.05. The maximum absolute atomic E-state index is 9.14. The average molecular weight is 211 g/mol. The molecule has 1 atom stereocenters. The highest BCUT2D eigenvalue weighted by atomic mass is 16.5. The Hall–Kier alpha value is -1.13. The van der Waals surface area contributed by atoms with Crippen LogP contribution in [0.1, 0.15) is 18.3 Å². The first kappa shape index (κ1) is 11.9. The topological polar surface area (TPSA) is 62.6 Å². The molecule has 0 saturated heterocycles. The van der Waals surface area contributed by atoms with Crippen LogP contribution < -0.4 is 4.74 Å². The highest BCUT2D eigenvalue weighted by Gasteiger charge is 2.07. The number of nitrogens with zero attached hydrogens (tertiary/aromatic N) is 1. The van der Waals surface area contributed by atoms with E-state index < -0.39 is 6.10 Å². The smallest absolute Gasteiger partial charge is 0.140 e. The molecule has 4 nitrogen and oxygen atoms in total. The molecule has 0 aliphatic carbocycles. The van der Waals surface area contributed by atoms with E-state index in [-0.39, 0.29) is 13.2 Å². The van der Waals surface area contributed by atoms with Crippen molar-refractivity contribution in [1.82, 2.24) is 4.98 Å². The van der Waals surface area contributed by atoms with Gasteiger partial charge in [0.25, 0.3) is 0 Å². The molecule has 0 aromatic carbocycles. The lowest BCUT2D eigenvalue weighted by Gasteiger charge is -2.12. The van der Waals surface area contributed by atoms with Crippen molar-refractivity contribution in [2.45, 2.75) is 26.4 Å². The zero-order valence-corrected chi connectivity index (χ0v) is 9.10. The number of pyridine rings is 1. The lowest BCUT2D eigenvalue weighted by molar-refractivity contribution is 0.0531. The average Bonchev–Trinajstić information content (AvgIpc) is 2.26. The van der Waals surface area contributed by atoms with Gasteiger partial charge in [-0.15, -0.1) is 0 Å². The Morgan fingerprint density at radius 1 is 1.47 bits per heavy atom. The third kappa shape index (κ3) is 3.49. The van der Waals surface area contributed by atoms with Crippen molar-refractivity contribution >= 4 is 0 Å². The largest absolute Gasteiger partial charge is 0.489 e. The van der Waals surface area contributed by atoms with Gasteiger partial charge in [0.15, 0.2) is 0 Å². The van der Waals surface area contributed by atoms with Crippen LogP contribution in [0.25, 0.3) is 0 Å². The minimum absolute atomic E-state index is 0.0915. The lowest BCUT2D eigenvalue weighted by Crippen LogP contribution is -2.21. The normalized spacial score (nSPS) is 12.5. The summed E-state index contributed by atoms with van der Waals surface area (Å²) in [4.78, 5) is 4.33. The highest BCUT2D eigenvalue weighted by molar-refractivity contribution is 5.29. The van der Waals surface area contributed by atoms with Crippen molar-refractivity contribution in [1.29, 1.82) is 0 Å². The van der Waals surface area contributed by atoms with E-state index in [0.29, 0.717) is 5.75 Å². The Morgan fingerprint density at radius 3 is 2.80 bits per heavy atom. The van der Waals surface area contributed by atoms with Gasteiger partial charge in [0.1, 0.15) is 18.5 Å². The molecule has 1 aromatic heterocycles. The van der Waals surface area contributed by atoms with Crippen molar-refractivity contribution in [2.75, 3.05) is 13.2 Å². The van der Waals surface area contributed by atoms with Gasteiger partial charge in [-0.05, 0) is 25.5 Å². The summed E-state index contributed by atoms with van der Waals surface area (Å²) in [6.45, 7) is 3.72. The minimum Gasteiger partial charge on any atom is -0.489 e. The molecule has 0 radical (unpaired) electrons. The quantitative estimate of drug-likeness (QED) is 0.752. The number of aliphatic hydroxyl groups is 2. The molecule has 1 heterocycles. The van der Waals surface area contributed by atoms with Crippen molar-refractivity contribution in [3.05, 3.63) is 23.5 Å². The Bertz CT molecular complexity index is 315. The van der Waals surface area contributed by atoms with Gasteiger partial charge in [-0.3, -0.25) is 4.98 Å². The van der Waals surface area contributed by atoms with Crippen LogP contribution in [-0.4, -0.2) is 34.5 Å². The number of hydrogen-bond acceptors (Lipinski definition) is 4. The van der Waals surface area contributed by atoms with Gasteiger partial charge < -0.3 is 14.9 Å². The van der Waals surface area contributed by atoms with Crippen LogP contribution in [0.5, 0.6) is 5.75 Å². The summed E-state index contributed by atoms with van der Waals surface area (Å²) in [5.74, 6) is 0.676. The molecule has 4 heteroatoms. The fraction of sp³-hybridized carbons (Fsp3) is 0.545. The second-order valence-electron chi connectivity index (χ2n) is 3.40. The molecule has 0 fully saturated rings. The summed E-state index contributed by atoms with van der Waals surface area (Å²) in [6.07, 6.45) is -0.0531. The van der Waals surface area contributed by atoms with E-state index in [1.165, 1.54) is 0 Å². The van der Waals surface area contributed by atoms with Crippen LogP contribution in [0.3, 0.4) is 0 Å². The van der Waals surface area contributed by atoms with Gasteiger partial charge in [-0.2, -0.15) is 0 Å². The number of aromatic nitrogens is 1. The second kappa shape index (κ2) is 5.68. The summed E-state index contributed by atoms with van der Waals surface area (Å²) >= 11 is 0. The molecule has 0 bridgehead atoms. The van der Waals surface area contributed by atoms with Gasteiger partial charge in [0.05, 0.1) is 12.3 Å². The van der Waals surface area contributed by atoms with E-state index >= 15 is 0 Å². The molecule has 84 valence electrons. The molecule has 0 aliphatic rings. The SMILES string of the molecule is CCc1nc(C)ccc1OCC(O)CO. The fourth-order valence-electron chi connectivity index (χ4n) is 1.22. The number of aryl methyl sites for hydroxylation is 2. The summed E-state index contributed by atoms with van der Waals surface area (Å²) < 4.78 is 5.36. The van der Waals surface area contributed by atoms with Crippen LogP contribution in [0, 0.1) is 6.92 Å². The maximum atomic E-state index is 9.14. The standard InChI is InChI=1S/C11H17NO3/c1-3-10-11(5-4-8(2)12-10)15-7-9(14)6-13/h4-5,9,13-14H,3,6-7H2,1-2H3. The van der Waals surface area contributed by atoms with E-state index in [2.05, 4.69) is 4.98 Å². The predicted molar refractivity (Wildman–Crippen MR) is 56.9 cm³/mol. The highest BCUT2D eigenvalue weighted by Crippen LogP contribution is 2.17. The lowest BCUT2D eigenvalue weighted by atomic mass is 10.2. The minimum atomic E-state index is -0.837. The Kier molecular flexibility index (Phi) is 4.52. The van der Waals surface area contributed by atoms with Crippen LogP contribution in [0.2, 0.25) is 0 Å². The molecule has 1 rings (SSSR count). The molecule has 0 saturated carbocycles. The number of aliphatic hydroxyl groups excluding tert-OH is 2. The first-order valence-electron chi connectivity index (χ1n) is 5.05. The molecule has 0 amide bonds. The van der Waals surface area contributed by atoms with Gasteiger partial charge in [-0.25, -0.2) is 0 Å². The summed E-state index contributed by atoms with van der Waals surface area (Å²) in [5.41, 5.74) is 1.82. The summed E-state index contributed by atoms with van der Waals surface area (Å²) in [7, 11) is 0. The summed E-state index contributed by atoms with van der Waals surface area (Å²) in [6, 6.07) is 3.70. The van der Waals surface area contributed by atoms with Crippen LogP contribution in [-0.2, 0) is 6.42 Å². The first-order chi connectivity index (χ1) is 7.17. The molecular weight excluding hydrogens is 194 g/mol. The Morgan fingerprint density at radius 2 is 2.20 bits per heavy atom. The summed E-state index contributed by atoms with van der Waals surface area (Å²) in [5, 5.41) is 17.8. The zero-order chi connectivity index (χ0) is 11.3. The zero-order valence-electron chi connectivity index (χ0n) is 9.10. The van der Waals surface area contributed by atoms with Gasteiger partial charge >= 0.3 is 0 Å². The van der Waals surface area contributed by atoms with Crippen molar-refractivity contribution in [2.24, 2.45) is 0 Å². The number of ether oxygens (including phenoxy) is 1. The van der Waals surface area contributed by atoms with Gasteiger partial charge in [0, 0.05) is 5.69 Å². The number of rotatable bonds is 5. The molecule has 1 unspecified atom stereocenters. The van der Waals surface area contributed by atoms with E-state index in [0.717, 1.165) is 17.8 Å². The Balaban J connectivity index is 2.67. The predicted octanol–water partition coefficient (Wildman–Crippen LogP) is 0.684. The van der Waals surface area contributed by atoms with Gasteiger partial charge in [-0.1, -0.05) is 6.92 Å². The van der Waals surface area contributed by atoms with Crippen molar-refractivity contribution in [3.8, 4) is 5.75 Å². The molecule has 15 heavy (non-hydrogen) atoms. The first-order valence-corrected chi connectivity index (χ1v) is 5.05. The van der Waals surface area contributed by atoms with E-state index in [9.17, 15) is 0 Å². The molecule has 2 N–H and O–H groups in total. The maximum Gasteiger partial charge on any atom is 0.140 e. The number of hydrogen-bond donors (Lipinski definition) is 2. The van der Waals surface area contributed by atoms with E-state index in [1.54, 1.807) is 0 Å². The Labute approximate surface area is 89.5 Å². The monoisotopic (exact) mass is 211 g/mol. The molecule has 0 aliphatic heterocycles. The molecular formula is C11H17NO3. The third-order valence-corrected chi connectivity index (χ3v) is 2.05. The van der Waals surface area contributed by atoms with Gasteiger partial charge in [0.2, 0.25) is 0 Å².